The lowest BCUT2D eigenvalue weighted by Gasteiger charge is -2.29. The molecular formula is C13H18N2O4S. The third kappa shape index (κ3) is 3.22. The lowest BCUT2D eigenvalue weighted by atomic mass is 10.2. The van der Waals surface area contributed by atoms with Gasteiger partial charge in [-0.05, 0) is 24.6 Å². The molecule has 0 atom stereocenters. The highest BCUT2D eigenvalue weighted by molar-refractivity contribution is 7.92. The predicted molar refractivity (Wildman–Crippen MR) is 77.7 cm³/mol. The first-order chi connectivity index (χ1) is 9.41. The molecular weight excluding hydrogens is 280 g/mol. The van der Waals surface area contributed by atoms with Crippen LogP contribution in [0.1, 0.15) is 19.8 Å². The quantitative estimate of drug-likeness (QED) is 0.915. The van der Waals surface area contributed by atoms with Gasteiger partial charge in [0.15, 0.2) is 0 Å². The number of nitrogens with zero attached hydrogens (tertiary/aromatic N) is 1. The van der Waals surface area contributed by atoms with E-state index in [1.165, 1.54) is 4.31 Å². The molecule has 0 spiro atoms. The molecule has 0 fully saturated rings. The largest absolute Gasteiger partial charge is 0.489 e. The van der Waals surface area contributed by atoms with Crippen LogP contribution >= 0.6 is 0 Å². The maximum Gasteiger partial charge on any atom is 0.232 e. The zero-order chi connectivity index (χ0) is 14.8. The van der Waals surface area contributed by atoms with Gasteiger partial charge < -0.3 is 10.1 Å². The molecule has 1 aliphatic heterocycles. The van der Waals surface area contributed by atoms with Gasteiger partial charge in [-0.2, -0.15) is 0 Å². The second kappa shape index (κ2) is 5.70. The summed E-state index contributed by atoms with van der Waals surface area (Å²) in [4.78, 5) is 11.6. The summed E-state index contributed by atoms with van der Waals surface area (Å²) in [6.45, 7) is 2.52. The predicted octanol–water partition coefficient (Wildman–Crippen LogP) is 1.58. The van der Waals surface area contributed by atoms with Crippen LogP contribution in [0.3, 0.4) is 0 Å². The van der Waals surface area contributed by atoms with Gasteiger partial charge in [0, 0.05) is 12.1 Å². The summed E-state index contributed by atoms with van der Waals surface area (Å²) in [5.41, 5.74) is 1.04. The highest BCUT2D eigenvalue weighted by atomic mass is 32.2. The SMILES string of the molecule is CCCC(=O)Nc1ccc2c(c1)N(S(C)(=O)=O)CCO2. The van der Waals surface area contributed by atoms with Gasteiger partial charge in [-0.1, -0.05) is 6.92 Å². The maximum atomic E-state index is 11.8. The van der Waals surface area contributed by atoms with Crippen molar-refractivity contribution in [1.82, 2.24) is 0 Å². The van der Waals surface area contributed by atoms with Crippen LogP contribution in [0.2, 0.25) is 0 Å². The maximum absolute atomic E-state index is 11.8. The molecule has 2 rings (SSSR count). The highest BCUT2D eigenvalue weighted by Crippen LogP contribution is 2.35. The third-order valence-corrected chi connectivity index (χ3v) is 4.12. The number of hydrogen-bond acceptors (Lipinski definition) is 4. The summed E-state index contributed by atoms with van der Waals surface area (Å²) >= 11 is 0. The summed E-state index contributed by atoms with van der Waals surface area (Å²) < 4.78 is 30.3. The molecule has 1 aromatic carbocycles. The second-order valence-electron chi connectivity index (χ2n) is 4.66. The molecule has 110 valence electrons. The van der Waals surface area contributed by atoms with Gasteiger partial charge in [-0.25, -0.2) is 8.42 Å². The van der Waals surface area contributed by atoms with Crippen LogP contribution in [-0.4, -0.2) is 33.7 Å². The van der Waals surface area contributed by atoms with E-state index in [0.717, 1.165) is 12.7 Å². The second-order valence-corrected chi connectivity index (χ2v) is 6.57. The highest BCUT2D eigenvalue weighted by Gasteiger charge is 2.25. The fourth-order valence-electron chi connectivity index (χ4n) is 2.07. The van der Waals surface area contributed by atoms with Crippen LogP contribution in [-0.2, 0) is 14.8 Å². The van der Waals surface area contributed by atoms with Crippen molar-refractivity contribution in [2.45, 2.75) is 19.8 Å². The molecule has 7 heteroatoms. The first-order valence-corrected chi connectivity index (χ1v) is 8.31. The van der Waals surface area contributed by atoms with Gasteiger partial charge in [0.25, 0.3) is 0 Å². The van der Waals surface area contributed by atoms with Crippen molar-refractivity contribution < 1.29 is 17.9 Å². The number of amides is 1. The molecule has 0 unspecified atom stereocenters. The average molecular weight is 298 g/mol. The fraction of sp³-hybridized carbons (Fsp3) is 0.462. The monoisotopic (exact) mass is 298 g/mol. The Kier molecular flexibility index (Phi) is 4.17. The van der Waals surface area contributed by atoms with Crippen molar-refractivity contribution in [1.29, 1.82) is 0 Å². The number of hydrogen-bond donors (Lipinski definition) is 1. The molecule has 0 radical (unpaired) electrons. The molecule has 1 aromatic rings. The molecule has 1 amide bonds. The molecule has 6 nitrogen and oxygen atoms in total. The van der Waals surface area contributed by atoms with E-state index in [0.29, 0.717) is 30.2 Å². The van der Waals surface area contributed by atoms with Crippen molar-refractivity contribution in [3.8, 4) is 5.75 Å². The molecule has 1 aliphatic rings. The van der Waals surface area contributed by atoms with E-state index in [-0.39, 0.29) is 12.5 Å². The first-order valence-electron chi connectivity index (χ1n) is 6.46. The molecule has 0 aliphatic carbocycles. The van der Waals surface area contributed by atoms with E-state index in [9.17, 15) is 13.2 Å². The van der Waals surface area contributed by atoms with Gasteiger partial charge in [0.2, 0.25) is 15.9 Å². The number of carbonyl (C=O) groups is 1. The zero-order valence-corrected chi connectivity index (χ0v) is 12.4. The minimum atomic E-state index is -3.35. The van der Waals surface area contributed by atoms with Crippen LogP contribution in [0.5, 0.6) is 5.75 Å². The molecule has 1 N–H and O–H groups in total. The third-order valence-electron chi connectivity index (χ3n) is 2.94. The summed E-state index contributed by atoms with van der Waals surface area (Å²) in [5.74, 6) is 0.422. The van der Waals surface area contributed by atoms with Gasteiger partial charge in [-0.3, -0.25) is 9.10 Å². The minimum absolute atomic E-state index is 0.0879. The van der Waals surface area contributed by atoms with Crippen molar-refractivity contribution >= 4 is 27.3 Å². The lowest BCUT2D eigenvalue weighted by Crippen LogP contribution is -2.37. The normalized spacial score (nSPS) is 14.4. The first kappa shape index (κ1) is 14.6. The topological polar surface area (TPSA) is 75.7 Å². The van der Waals surface area contributed by atoms with E-state index in [1.54, 1.807) is 18.2 Å². The Morgan fingerprint density at radius 3 is 2.85 bits per heavy atom. The zero-order valence-electron chi connectivity index (χ0n) is 11.5. The molecule has 20 heavy (non-hydrogen) atoms. The van der Waals surface area contributed by atoms with Gasteiger partial charge in [0.05, 0.1) is 18.5 Å². The molecule has 0 saturated carbocycles. The van der Waals surface area contributed by atoms with E-state index >= 15 is 0 Å². The van der Waals surface area contributed by atoms with E-state index in [1.807, 2.05) is 6.92 Å². The average Bonchev–Trinajstić information content (AvgIpc) is 2.37. The Morgan fingerprint density at radius 2 is 2.20 bits per heavy atom. The van der Waals surface area contributed by atoms with Gasteiger partial charge >= 0.3 is 0 Å². The van der Waals surface area contributed by atoms with Crippen LogP contribution in [0.4, 0.5) is 11.4 Å². The van der Waals surface area contributed by atoms with Gasteiger partial charge in [0.1, 0.15) is 12.4 Å². The number of carbonyl (C=O) groups excluding carboxylic acids is 1. The number of rotatable bonds is 4. The van der Waals surface area contributed by atoms with Crippen LogP contribution in [0, 0.1) is 0 Å². The van der Waals surface area contributed by atoms with Crippen LogP contribution < -0.4 is 14.4 Å². The number of anilines is 2. The van der Waals surface area contributed by atoms with E-state index in [2.05, 4.69) is 5.32 Å². The van der Waals surface area contributed by atoms with Crippen molar-refractivity contribution in [3.63, 3.8) is 0 Å². The Bertz CT molecular complexity index is 613. The van der Waals surface area contributed by atoms with E-state index < -0.39 is 10.0 Å². The lowest BCUT2D eigenvalue weighted by molar-refractivity contribution is -0.116. The summed E-state index contributed by atoms with van der Waals surface area (Å²) in [6.07, 6.45) is 2.35. The summed E-state index contributed by atoms with van der Waals surface area (Å²) in [5, 5.41) is 2.75. The standard InChI is InChI=1S/C13H18N2O4S/c1-3-4-13(16)14-10-5-6-12-11(9-10)15(7-8-19-12)20(2,17)18/h5-6,9H,3-4,7-8H2,1-2H3,(H,14,16). The molecule has 0 bridgehead atoms. The summed E-state index contributed by atoms with van der Waals surface area (Å²) in [7, 11) is -3.35. The number of sulfonamides is 1. The van der Waals surface area contributed by atoms with Crippen molar-refractivity contribution in [3.05, 3.63) is 18.2 Å². The minimum Gasteiger partial charge on any atom is -0.489 e. The molecule has 0 saturated heterocycles. The van der Waals surface area contributed by atoms with E-state index in [4.69, 9.17) is 4.74 Å². The smallest absolute Gasteiger partial charge is 0.232 e. The Hall–Kier alpha value is -1.76. The van der Waals surface area contributed by atoms with Crippen molar-refractivity contribution in [2.24, 2.45) is 0 Å². The van der Waals surface area contributed by atoms with Crippen LogP contribution in [0.25, 0.3) is 0 Å². The Labute approximate surface area is 118 Å². The number of fused-ring (bicyclic) bond motifs is 1. The van der Waals surface area contributed by atoms with Gasteiger partial charge in [-0.15, -0.1) is 0 Å². The Morgan fingerprint density at radius 1 is 1.45 bits per heavy atom. The molecule has 0 aromatic heterocycles. The molecule has 1 heterocycles. The fourth-order valence-corrected chi connectivity index (χ4v) is 2.97. The number of nitrogens with one attached hydrogen (secondary N) is 1. The summed E-state index contributed by atoms with van der Waals surface area (Å²) in [6, 6.07) is 5.01. The van der Waals surface area contributed by atoms with Crippen molar-refractivity contribution in [2.75, 3.05) is 29.0 Å². The number of ether oxygens (including phenoxy) is 1. The Balaban J connectivity index is 2.31. The van der Waals surface area contributed by atoms with Crippen LogP contribution in [0.15, 0.2) is 18.2 Å². The number of benzene rings is 1.